The molecule has 0 bridgehead atoms. The lowest BCUT2D eigenvalue weighted by Crippen LogP contribution is -2.29. The van der Waals surface area contributed by atoms with Crippen LogP contribution in [0.1, 0.15) is 22.7 Å². The van der Waals surface area contributed by atoms with Crippen LogP contribution in [-0.2, 0) is 6.18 Å². The first-order chi connectivity index (χ1) is 9.84. The van der Waals surface area contributed by atoms with Gasteiger partial charge in [-0.25, -0.2) is 9.82 Å². The van der Waals surface area contributed by atoms with Crippen LogP contribution in [0.5, 0.6) is 0 Å². The monoisotopic (exact) mass is 318 g/mol. The van der Waals surface area contributed by atoms with Crippen molar-refractivity contribution in [2.45, 2.75) is 12.2 Å². The smallest absolute Gasteiger partial charge is 0.271 e. The summed E-state index contributed by atoms with van der Waals surface area (Å²) in [6.45, 7) is 0. The Morgan fingerprint density at radius 2 is 1.67 bits per heavy atom. The molecule has 0 radical (unpaired) electrons. The minimum Gasteiger partial charge on any atom is -0.271 e. The van der Waals surface area contributed by atoms with Crippen molar-refractivity contribution in [3.05, 3.63) is 70.0 Å². The van der Waals surface area contributed by atoms with Gasteiger partial charge >= 0.3 is 6.18 Å². The zero-order valence-corrected chi connectivity index (χ0v) is 11.3. The molecule has 112 valence electrons. The Labute approximate surface area is 123 Å². The van der Waals surface area contributed by atoms with Crippen LogP contribution in [0.4, 0.5) is 17.6 Å². The van der Waals surface area contributed by atoms with Crippen LogP contribution in [0.25, 0.3) is 0 Å². The molecule has 2 aromatic carbocycles. The second-order valence-electron chi connectivity index (χ2n) is 4.36. The Hall–Kier alpha value is -1.63. The van der Waals surface area contributed by atoms with E-state index in [0.717, 1.165) is 12.1 Å². The third kappa shape index (κ3) is 3.34. The molecule has 21 heavy (non-hydrogen) atoms. The topological polar surface area (TPSA) is 38.0 Å². The second-order valence-corrected chi connectivity index (χ2v) is 4.77. The predicted octanol–water partition coefficient (Wildman–Crippen LogP) is 4.05. The van der Waals surface area contributed by atoms with Crippen molar-refractivity contribution >= 4 is 11.6 Å². The van der Waals surface area contributed by atoms with Gasteiger partial charge in [-0.15, -0.1) is 0 Å². The van der Waals surface area contributed by atoms with Gasteiger partial charge in [0, 0.05) is 5.56 Å². The molecule has 0 aliphatic heterocycles. The molecule has 0 amide bonds. The summed E-state index contributed by atoms with van der Waals surface area (Å²) in [5.41, 5.74) is 2.15. The van der Waals surface area contributed by atoms with Crippen LogP contribution in [0.15, 0.2) is 42.5 Å². The molecule has 0 aliphatic carbocycles. The molecule has 0 saturated carbocycles. The van der Waals surface area contributed by atoms with Crippen LogP contribution in [0.3, 0.4) is 0 Å². The summed E-state index contributed by atoms with van der Waals surface area (Å²) in [6.07, 6.45) is -4.43. The molecule has 0 spiro atoms. The number of benzene rings is 2. The van der Waals surface area contributed by atoms with Crippen molar-refractivity contribution in [2.75, 3.05) is 0 Å². The van der Waals surface area contributed by atoms with Gasteiger partial charge < -0.3 is 0 Å². The average molecular weight is 319 g/mol. The van der Waals surface area contributed by atoms with Crippen molar-refractivity contribution in [1.29, 1.82) is 0 Å². The summed E-state index contributed by atoms with van der Waals surface area (Å²) < 4.78 is 51.6. The first kappa shape index (κ1) is 15.8. The molecule has 2 rings (SSSR count). The number of hydrogen-bond donors (Lipinski definition) is 2. The molecule has 2 aromatic rings. The molecule has 7 heteroatoms. The summed E-state index contributed by atoms with van der Waals surface area (Å²) in [4.78, 5) is 0. The molecule has 0 fully saturated rings. The zero-order valence-electron chi connectivity index (χ0n) is 10.6. The van der Waals surface area contributed by atoms with E-state index in [1.165, 1.54) is 30.3 Å². The maximum Gasteiger partial charge on any atom is 0.416 e. The normalized spacial score (nSPS) is 13.2. The van der Waals surface area contributed by atoms with E-state index in [4.69, 9.17) is 17.4 Å². The van der Waals surface area contributed by atoms with Crippen molar-refractivity contribution in [3.63, 3.8) is 0 Å². The summed E-state index contributed by atoms with van der Waals surface area (Å²) in [5.74, 6) is 4.73. The Morgan fingerprint density at radius 1 is 1.05 bits per heavy atom. The van der Waals surface area contributed by atoms with Gasteiger partial charge in [-0.3, -0.25) is 5.84 Å². The summed E-state index contributed by atoms with van der Waals surface area (Å²) in [6, 6.07) is 7.90. The molecular formula is C14H11ClF4N2. The molecule has 2 nitrogen and oxygen atoms in total. The fraction of sp³-hybridized carbons (Fsp3) is 0.143. The van der Waals surface area contributed by atoms with E-state index in [2.05, 4.69) is 5.43 Å². The van der Waals surface area contributed by atoms with E-state index in [1.54, 1.807) is 0 Å². The Balaban J connectivity index is 2.40. The quantitative estimate of drug-likeness (QED) is 0.509. The van der Waals surface area contributed by atoms with Gasteiger partial charge in [0.05, 0.1) is 16.6 Å². The van der Waals surface area contributed by atoms with Crippen LogP contribution >= 0.6 is 11.6 Å². The Bertz CT molecular complexity index is 626. The highest BCUT2D eigenvalue weighted by Crippen LogP contribution is 2.32. The van der Waals surface area contributed by atoms with E-state index >= 15 is 0 Å². The van der Waals surface area contributed by atoms with Gasteiger partial charge in [0.15, 0.2) is 0 Å². The molecule has 0 aromatic heterocycles. The first-order valence-corrected chi connectivity index (χ1v) is 6.29. The Morgan fingerprint density at radius 3 is 2.19 bits per heavy atom. The highest BCUT2D eigenvalue weighted by molar-refractivity contribution is 6.30. The lowest BCUT2D eigenvalue weighted by molar-refractivity contribution is -0.137. The van der Waals surface area contributed by atoms with E-state index in [1.807, 2.05) is 0 Å². The van der Waals surface area contributed by atoms with Crippen molar-refractivity contribution in [2.24, 2.45) is 5.84 Å². The van der Waals surface area contributed by atoms with E-state index in [-0.39, 0.29) is 10.6 Å². The first-order valence-electron chi connectivity index (χ1n) is 5.91. The van der Waals surface area contributed by atoms with Crippen LogP contribution < -0.4 is 11.3 Å². The minimum atomic E-state index is -4.43. The van der Waals surface area contributed by atoms with E-state index in [0.29, 0.717) is 5.56 Å². The van der Waals surface area contributed by atoms with Crippen LogP contribution in [0.2, 0.25) is 5.02 Å². The molecule has 1 atom stereocenters. The predicted molar refractivity (Wildman–Crippen MR) is 72.0 cm³/mol. The van der Waals surface area contributed by atoms with Gasteiger partial charge in [0.25, 0.3) is 0 Å². The van der Waals surface area contributed by atoms with E-state index in [9.17, 15) is 17.6 Å². The lowest BCUT2D eigenvalue weighted by Gasteiger charge is -2.18. The van der Waals surface area contributed by atoms with Crippen molar-refractivity contribution < 1.29 is 17.6 Å². The molecule has 1 unspecified atom stereocenters. The maximum absolute atomic E-state index is 14.0. The third-order valence-corrected chi connectivity index (χ3v) is 3.32. The standard InChI is InChI=1S/C14H11ClF4N2/c15-11-3-1-2-10(12(11)16)13(21-20)8-4-6-9(7-5-8)14(17,18)19/h1-7,13,21H,20H2. The number of hydrogen-bond acceptors (Lipinski definition) is 2. The van der Waals surface area contributed by atoms with Crippen molar-refractivity contribution in [1.82, 2.24) is 5.43 Å². The molecule has 0 heterocycles. The van der Waals surface area contributed by atoms with Crippen LogP contribution in [-0.4, -0.2) is 0 Å². The maximum atomic E-state index is 14.0. The summed E-state index contributed by atoms with van der Waals surface area (Å²) in [5, 5.41) is -0.0836. The summed E-state index contributed by atoms with van der Waals surface area (Å²) >= 11 is 5.70. The minimum absolute atomic E-state index is 0.0836. The Kier molecular flexibility index (Phi) is 4.51. The van der Waals surface area contributed by atoms with Gasteiger partial charge in [0.2, 0.25) is 0 Å². The highest BCUT2D eigenvalue weighted by Gasteiger charge is 2.30. The fourth-order valence-electron chi connectivity index (χ4n) is 1.97. The van der Waals surface area contributed by atoms with E-state index < -0.39 is 23.6 Å². The van der Waals surface area contributed by atoms with Gasteiger partial charge in [0.1, 0.15) is 5.82 Å². The molecule has 0 saturated heterocycles. The largest absolute Gasteiger partial charge is 0.416 e. The second kappa shape index (κ2) is 6.01. The van der Waals surface area contributed by atoms with Gasteiger partial charge in [-0.1, -0.05) is 35.9 Å². The van der Waals surface area contributed by atoms with Crippen molar-refractivity contribution in [3.8, 4) is 0 Å². The number of halogens is 5. The van der Waals surface area contributed by atoms with Gasteiger partial charge in [-0.2, -0.15) is 13.2 Å². The number of hydrazine groups is 1. The van der Waals surface area contributed by atoms with Crippen LogP contribution in [0, 0.1) is 5.82 Å². The molecular weight excluding hydrogens is 308 g/mol. The van der Waals surface area contributed by atoms with Gasteiger partial charge in [-0.05, 0) is 23.8 Å². The third-order valence-electron chi connectivity index (χ3n) is 3.03. The number of alkyl halides is 3. The SMILES string of the molecule is NNC(c1ccc(C(F)(F)F)cc1)c1cccc(Cl)c1F. The summed E-state index contributed by atoms with van der Waals surface area (Å²) in [7, 11) is 0. The number of nitrogens with two attached hydrogens (primary N) is 1. The highest BCUT2D eigenvalue weighted by atomic mass is 35.5. The zero-order chi connectivity index (χ0) is 15.6. The number of rotatable bonds is 3. The number of nitrogens with one attached hydrogen (secondary N) is 1. The molecule has 0 aliphatic rings. The molecule has 3 N–H and O–H groups in total. The average Bonchev–Trinajstić information content (AvgIpc) is 2.44. The lowest BCUT2D eigenvalue weighted by atomic mass is 9.97. The fourth-order valence-corrected chi connectivity index (χ4v) is 2.16.